The first-order chi connectivity index (χ1) is 10.7. The standard InChI is InChI=1S/C14H13F3N4O2/c1-2-8(13(22)23)3-9-4-10(21-6-19-20-7-21)5-11(12(9)18)14(15,16)17/h3-7H,2,18H2,1H3,(H,22,23)/b8-3+. The minimum Gasteiger partial charge on any atom is -0.478 e. The van der Waals surface area contributed by atoms with Crippen molar-refractivity contribution in [2.24, 2.45) is 0 Å². The quantitative estimate of drug-likeness (QED) is 0.665. The van der Waals surface area contributed by atoms with Gasteiger partial charge in [0.25, 0.3) is 0 Å². The maximum atomic E-state index is 13.2. The van der Waals surface area contributed by atoms with E-state index in [2.05, 4.69) is 10.2 Å². The lowest BCUT2D eigenvalue weighted by Crippen LogP contribution is -2.12. The van der Waals surface area contributed by atoms with Crippen molar-refractivity contribution in [1.29, 1.82) is 0 Å². The summed E-state index contributed by atoms with van der Waals surface area (Å²) in [6.07, 6.45) is -0.922. The zero-order valence-electron chi connectivity index (χ0n) is 12.0. The minimum absolute atomic E-state index is 0.0252. The number of alkyl halides is 3. The van der Waals surface area contributed by atoms with Crippen LogP contribution < -0.4 is 5.73 Å². The van der Waals surface area contributed by atoms with Gasteiger partial charge in [0.15, 0.2) is 0 Å². The third kappa shape index (κ3) is 3.50. The van der Waals surface area contributed by atoms with Crippen molar-refractivity contribution in [2.45, 2.75) is 19.5 Å². The molecule has 0 saturated carbocycles. The van der Waals surface area contributed by atoms with Crippen LogP contribution in [-0.4, -0.2) is 25.8 Å². The molecule has 23 heavy (non-hydrogen) atoms. The summed E-state index contributed by atoms with van der Waals surface area (Å²) < 4.78 is 40.8. The summed E-state index contributed by atoms with van der Waals surface area (Å²) in [5, 5.41) is 16.1. The number of nitrogens with zero attached hydrogens (tertiary/aromatic N) is 3. The normalized spacial score (nSPS) is 12.4. The number of halogens is 3. The highest BCUT2D eigenvalue weighted by Gasteiger charge is 2.34. The van der Waals surface area contributed by atoms with Gasteiger partial charge in [-0.05, 0) is 24.6 Å². The Labute approximate surface area is 129 Å². The summed E-state index contributed by atoms with van der Waals surface area (Å²) >= 11 is 0. The van der Waals surface area contributed by atoms with E-state index in [4.69, 9.17) is 10.8 Å². The number of aliphatic carboxylic acids is 1. The van der Waals surface area contributed by atoms with Crippen molar-refractivity contribution >= 4 is 17.7 Å². The summed E-state index contributed by atoms with van der Waals surface area (Å²) in [5.74, 6) is -1.21. The number of anilines is 1. The van der Waals surface area contributed by atoms with Gasteiger partial charge in [-0.1, -0.05) is 6.92 Å². The molecule has 0 unspecified atom stereocenters. The molecule has 0 spiro atoms. The first-order valence-electron chi connectivity index (χ1n) is 6.53. The Morgan fingerprint density at radius 2 is 1.96 bits per heavy atom. The van der Waals surface area contributed by atoms with Crippen LogP contribution in [0, 0.1) is 0 Å². The van der Waals surface area contributed by atoms with Gasteiger partial charge in [-0.3, -0.25) is 4.57 Å². The lowest BCUT2D eigenvalue weighted by atomic mass is 10.0. The summed E-state index contributed by atoms with van der Waals surface area (Å²) in [7, 11) is 0. The topological polar surface area (TPSA) is 94.0 Å². The highest BCUT2D eigenvalue weighted by Crippen LogP contribution is 2.37. The fourth-order valence-electron chi connectivity index (χ4n) is 2.00. The molecule has 122 valence electrons. The third-order valence-electron chi connectivity index (χ3n) is 3.20. The van der Waals surface area contributed by atoms with Crippen LogP contribution in [0.2, 0.25) is 0 Å². The predicted molar refractivity (Wildman–Crippen MR) is 76.7 cm³/mol. The Bertz CT molecular complexity index is 752. The first-order valence-corrected chi connectivity index (χ1v) is 6.53. The molecule has 2 rings (SSSR count). The van der Waals surface area contributed by atoms with E-state index in [1.807, 2.05) is 0 Å². The highest BCUT2D eigenvalue weighted by molar-refractivity contribution is 5.93. The monoisotopic (exact) mass is 326 g/mol. The molecule has 3 N–H and O–H groups in total. The smallest absolute Gasteiger partial charge is 0.418 e. The molecule has 6 nitrogen and oxygen atoms in total. The van der Waals surface area contributed by atoms with Crippen LogP contribution >= 0.6 is 0 Å². The number of carbonyl (C=O) groups is 1. The maximum Gasteiger partial charge on any atom is 0.418 e. The van der Waals surface area contributed by atoms with Crippen molar-refractivity contribution < 1.29 is 23.1 Å². The van der Waals surface area contributed by atoms with Crippen molar-refractivity contribution in [2.75, 3.05) is 5.73 Å². The zero-order chi connectivity index (χ0) is 17.2. The number of hydrogen-bond acceptors (Lipinski definition) is 4. The number of rotatable bonds is 4. The van der Waals surface area contributed by atoms with E-state index in [1.165, 1.54) is 23.3 Å². The van der Waals surface area contributed by atoms with Crippen molar-refractivity contribution in [3.8, 4) is 5.69 Å². The van der Waals surface area contributed by atoms with Crippen molar-refractivity contribution in [3.63, 3.8) is 0 Å². The van der Waals surface area contributed by atoms with Gasteiger partial charge < -0.3 is 10.8 Å². The molecular formula is C14H13F3N4O2. The van der Waals surface area contributed by atoms with E-state index < -0.39 is 23.4 Å². The van der Waals surface area contributed by atoms with Gasteiger partial charge in [-0.25, -0.2) is 4.79 Å². The van der Waals surface area contributed by atoms with E-state index in [0.29, 0.717) is 0 Å². The Hall–Kier alpha value is -2.84. The van der Waals surface area contributed by atoms with Gasteiger partial charge in [-0.2, -0.15) is 13.2 Å². The molecule has 0 fully saturated rings. The summed E-state index contributed by atoms with van der Waals surface area (Å²) in [4.78, 5) is 11.1. The van der Waals surface area contributed by atoms with Crippen molar-refractivity contribution in [1.82, 2.24) is 14.8 Å². The summed E-state index contributed by atoms with van der Waals surface area (Å²) in [6.45, 7) is 1.59. The van der Waals surface area contributed by atoms with Crippen LogP contribution in [-0.2, 0) is 11.0 Å². The zero-order valence-corrected chi connectivity index (χ0v) is 12.0. The largest absolute Gasteiger partial charge is 0.478 e. The molecule has 0 amide bonds. The number of carboxylic acid groups (broad SMARTS) is 1. The number of aromatic nitrogens is 3. The average Bonchev–Trinajstić information content (AvgIpc) is 2.98. The van der Waals surface area contributed by atoms with E-state index >= 15 is 0 Å². The fraction of sp³-hybridized carbons (Fsp3) is 0.214. The second-order valence-electron chi connectivity index (χ2n) is 4.69. The highest BCUT2D eigenvalue weighted by atomic mass is 19.4. The lowest BCUT2D eigenvalue weighted by Gasteiger charge is -2.15. The van der Waals surface area contributed by atoms with Crippen LogP contribution in [0.1, 0.15) is 24.5 Å². The van der Waals surface area contributed by atoms with E-state index in [9.17, 15) is 18.0 Å². The Morgan fingerprint density at radius 1 is 1.35 bits per heavy atom. The Kier molecular flexibility index (Phi) is 4.39. The summed E-state index contributed by atoms with van der Waals surface area (Å²) in [5.41, 5.74) is 4.08. The average molecular weight is 326 g/mol. The second kappa shape index (κ2) is 6.11. The minimum atomic E-state index is -4.67. The molecular weight excluding hydrogens is 313 g/mol. The molecule has 0 radical (unpaired) electrons. The molecule has 1 aromatic carbocycles. The maximum absolute atomic E-state index is 13.2. The van der Waals surface area contributed by atoms with Gasteiger partial charge in [-0.15, -0.1) is 10.2 Å². The van der Waals surface area contributed by atoms with Gasteiger partial charge in [0.2, 0.25) is 0 Å². The number of nitrogens with two attached hydrogens (primary N) is 1. The van der Waals surface area contributed by atoms with E-state index in [0.717, 1.165) is 12.1 Å². The molecule has 0 aliphatic carbocycles. The van der Waals surface area contributed by atoms with Crippen LogP contribution in [0.3, 0.4) is 0 Å². The van der Waals surface area contributed by atoms with Gasteiger partial charge in [0.05, 0.1) is 11.3 Å². The SMILES string of the molecule is CC/C(=C\c1cc(-n2cnnc2)cc(C(F)(F)F)c1N)C(=O)O. The number of nitrogen functional groups attached to an aromatic ring is 1. The molecule has 9 heteroatoms. The van der Waals surface area contributed by atoms with Crippen LogP contribution in [0.15, 0.2) is 30.4 Å². The van der Waals surface area contributed by atoms with Gasteiger partial charge in [0, 0.05) is 16.8 Å². The van der Waals surface area contributed by atoms with Crippen LogP contribution in [0.5, 0.6) is 0 Å². The second-order valence-corrected chi connectivity index (χ2v) is 4.69. The molecule has 2 aromatic rings. The number of hydrogen-bond donors (Lipinski definition) is 2. The Balaban J connectivity index is 2.70. The predicted octanol–water partition coefficient (Wildman–Crippen LogP) is 2.75. The van der Waals surface area contributed by atoms with Crippen molar-refractivity contribution in [3.05, 3.63) is 41.5 Å². The first kappa shape index (κ1) is 16.5. The molecule has 1 heterocycles. The molecule has 0 aliphatic rings. The van der Waals surface area contributed by atoms with Gasteiger partial charge in [0.1, 0.15) is 12.7 Å². The molecule has 0 atom stereocenters. The van der Waals surface area contributed by atoms with Crippen LogP contribution in [0.4, 0.5) is 18.9 Å². The van der Waals surface area contributed by atoms with Gasteiger partial charge >= 0.3 is 12.1 Å². The lowest BCUT2D eigenvalue weighted by molar-refractivity contribution is -0.137. The van der Waals surface area contributed by atoms with Crippen LogP contribution in [0.25, 0.3) is 11.8 Å². The van der Waals surface area contributed by atoms with E-state index in [1.54, 1.807) is 6.92 Å². The summed E-state index contributed by atoms with van der Waals surface area (Å²) in [6, 6.07) is 2.22. The number of benzene rings is 1. The fourth-order valence-corrected chi connectivity index (χ4v) is 2.00. The Morgan fingerprint density at radius 3 is 2.43 bits per heavy atom. The van der Waals surface area contributed by atoms with E-state index in [-0.39, 0.29) is 23.2 Å². The third-order valence-corrected chi connectivity index (χ3v) is 3.20. The number of carboxylic acids is 1. The molecule has 0 saturated heterocycles. The molecule has 1 aromatic heterocycles. The molecule has 0 aliphatic heterocycles. The molecule has 0 bridgehead atoms.